The number of benzene rings is 2. The van der Waals surface area contributed by atoms with Gasteiger partial charge in [-0.05, 0) is 30.7 Å². The van der Waals surface area contributed by atoms with Gasteiger partial charge in [0.2, 0.25) is 0 Å². The van der Waals surface area contributed by atoms with Crippen LogP contribution in [0.25, 0.3) is 0 Å². The van der Waals surface area contributed by atoms with Gasteiger partial charge in [-0.1, -0.05) is 12.1 Å². The normalized spacial score (nSPS) is 10.2. The average Bonchev–Trinajstić information content (AvgIpc) is 2.34. The maximum Gasteiger partial charge on any atom is 0.168 e. The predicted molar refractivity (Wildman–Crippen MR) is 63.0 cm³/mol. The Morgan fingerprint density at radius 2 is 1.94 bits per heavy atom. The van der Waals surface area contributed by atoms with E-state index in [4.69, 9.17) is 4.74 Å². The molecule has 0 unspecified atom stereocenters. The van der Waals surface area contributed by atoms with Crippen molar-refractivity contribution in [1.82, 2.24) is 0 Å². The summed E-state index contributed by atoms with van der Waals surface area (Å²) in [5, 5.41) is 0. The van der Waals surface area contributed by atoms with Crippen LogP contribution in [-0.4, -0.2) is 6.29 Å². The van der Waals surface area contributed by atoms with Crippen LogP contribution in [-0.2, 0) is 0 Å². The number of ether oxygens (including phenoxy) is 1. The van der Waals surface area contributed by atoms with Gasteiger partial charge in [-0.15, -0.1) is 0 Å². The Bertz CT molecular complexity index is 594. The summed E-state index contributed by atoms with van der Waals surface area (Å²) in [4.78, 5) is 10.6. The van der Waals surface area contributed by atoms with E-state index in [0.29, 0.717) is 11.8 Å². The van der Waals surface area contributed by atoms with Crippen molar-refractivity contribution in [3.8, 4) is 11.5 Å². The number of rotatable bonds is 3. The summed E-state index contributed by atoms with van der Waals surface area (Å²) >= 11 is 0. The molecule has 0 radical (unpaired) electrons. The molecule has 0 aliphatic rings. The van der Waals surface area contributed by atoms with Crippen LogP contribution in [0, 0.1) is 18.6 Å². The van der Waals surface area contributed by atoms with Gasteiger partial charge in [0.05, 0.1) is 0 Å². The molecular formula is C14H10F2O2. The minimum absolute atomic E-state index is 0.00236. The summed E-state index contributed by atoms with van der Waals surface area (Å²) in [7, 11) is 0. The minimum atomic E-state index is -0.609. The molecule has 0 aliphatic heterocycles. The summed E-state index contributed by atoms with van der Waals surface area (Å²) in [5.41, 5.74) is 0.567. The minimum Gasteiger partial charge on any atom is -0.454 e. The summed E-state index contributed by atoms with van der Waals surface area (Å²) in [5.74, 6) is -1.03. The molecule has 2 aromatic rings. The van der Waals surface area contributed by atoms with Crippen LogP contribution in [0.2, 0.25) is 0 Å². The lowest BCUT2D eigenvalue weighted by molar-refractivity contribution is 0.112. The highest BCUT2D eigenvalue weighted by Crippen LogP contribution is 2.27. The van der Waals surface area contributed by atoms with Gasteiger partial charge in [0.1, 0.15) is 17.9 Å². The molecule has 0 saturated carbocycles. The second kappa shape index (κ2) is 4.96. The topological polar surface area (TPSA) is 26.3 Å². The van der Waals surface area contributed by atoms with E-state index in [2.05, 4.69) is 0 Å². The van der Waals surface area contributed by atoms with Crippen molar-refractivity contribution in [2.45, 2.75) is 6.92 Å². The molecule has 0 heterocycles. The maximum atomic E-state index is 13.7. The highest BCUT2D eigenvalue weighted by Gasteiger charge is 2.08. The fourth-order valence-electron chi connectivity index (χ4n) is 1.54. The van der Waals surface area contributed by atoms with E-state index in [1.165, 1.54) is 12.1 Å². The monoisotopic (exact) mass is 248 g/mol. The van der Waals surface area contributed by atoms with Crippen LogP contribution in [0.3, 0.4) is 0 Å². The van der Waals surface area contributed by atoms with Gasteiger partial charge >= 0.3 is 0 Å². The van der Waals surface area contributed by atoms with Crippen molar-refractivity contribution in [1.29, 1.82) is 0 Å². The molecule has 0 N–H and O–H groups in total. The first-order chi connectivity index (χ1) is 8.60. The van der Waals surface area contributed by atoms with Crippen molar-refractivity contribution < 1.29 is 18.3 Å². The third-order valence-electron chi connectivity index (χ3n) is 2.41. The van der Waals surface area contributed by atoms with Crippen molar-refractivity contribution in [2.24, 2.45) is 0 Å². The van der Waals surface area contributed by atoms with Crippen molar-refractivity contribution >= 4 is 6.29 Å². The molecule has 2 nitrogen and oxygen atoms in total. The van der Waals surface area contributed by atoms with Crippen LogP contribution in [0.15, 0.2) is 36.4 Å². The van der Waals surface area contributed by atoms with Crippen LogP contribution in [0.4, 0.5) is 8.78 Å². The standard InChI is InChI=1S/C14H10F2O2/c1-9-3-2-4-13(14(9)16)18-12-6-10(8-17)5-11(15)7-12/h2-8H,1H3. The number of hydrogen-bond acceptors (Lipinski definition) is 2. The van der Waals surface area contributed by atoms with Crippen LogP contribution in [0.1, 0.15) is 15.9 Å². The molecule has 0 atom stereocenters. The lowest BCUT2D eigenvalue weighted by atomic mass is 10.2. The molecule has 0 saturated heterocycles. The fraction of sp³-hybridized carbons (Fsp3) is 0.0714. The summed E-state index contributed by atoms with van der Waals surface area (Å²) < 4.78 is 32.1. The van der Waals surface area contributed by atoms with Crippen LogP contribution in [0.5, 0.6) is 11.5 Å². The van der Waals surface area contributed by atoms with E-state index < -0.39 is 11.6 Å². The zero-order chi connectivity index (χ0) is 13.1. The molecular weight excluding hydrogens is 238 g/mol. The smallest absolute Gasteiger partial charge is 0.168 e. The first-order valence-electron chi connectivity index (χ1n) is 5.29. The molecule has 92 valence electrons. The molecule has 18 heavy (non-hydrogen) atoms. The van der Waals surface area contributed by atoms with Crippen LogP contribution >= 0.6 is 0 Å². The highest BCUT2D eigenvalue weighted by atomic mass is 19.1. The molecule has 0 spiro atoms. The van der Waals surface area contributed by atoms with Gasteiger partial charge in [0.25, 0.3) is 0 Å². The SMILES string of the molecule is Cc1cccc(Oc2cc(F)cc(C=O)c2)c1F. The third-order valence-corrected chi connectivity index (χ3v) is 2.41. The van der Waals surface area contributed by atoms with E-state index in [1.54, 1.807) is 19.1 Å². The Hall–Kier alpha value is -2.23. The van der Waals surface area contributed by atoms with Gasteiger partial charge in [0.15, 0.2) is 11.6 Å². The lowest BCUT2D eigenvalue weighted by Crippen LogP contribution is -1.93. The summed E-state index contributed by atoms with van der Waals surface area (Å²) in [6, 6.07) is 8.19. The highest BCUT2D eigenvalue weighted by molar-refractivity contribution is 5.75. The Balaban J connectivity index is 2.36. The Kier molecular flexibility index (Phi) is 3.37. The van der Waals surface area contributed by atoms with Crippen molar-refractivity contribution in [3.05, 3.63) is 59.2 Å². The number of aldehydes is 1. The maximum absolute atomic E-state index is 13.7. The predicted octanol–water partition coefficient (Wildman–Crippen LogP) is 3.88. The van der Waals surface area contributed by atoms with E-state index in [9.17, 15) is 13.6 Å². The molecule has 0 aromatic heterocycles. The molecule has 0 amide bonds. The van der Waals surface area contributed by atoms with Crippen LogP contribution < -0.4 is 4.74 Å². The molecule has 0 bridgehead atoms. The zero-order valence-corrected chi connectivity index (χ0v) is 9.61. The molecule has 2 rings (SSSR count). The van der Waals surface area contributed by atoms with Gasteiger partial charge < -0.3 is 4.74 Å². The summed E-state index contributed by atoms with van der Waals surface area (Å²) in [6.45, 7) is 1.60. The number of aryl methyl sites for hydroxylation is 1. The van der Waals surface area contributed by atoms with Gasteiger partial charge in [0, 0.05) is 11.6 Å². The Labute approximate surface area is 103 Å². The van der Waals surface area contributed by atoms with E-state index in [1.807, 2.05) is 0 Å². The fourth-order valence-corrected chi connectivity index (χ4v) is 1.54. The van der Waals surface area contributed by atoms with Gasteiger partial charge in [-0.2, -0.15) is 0 Å². The van der Waals surface area contributed by atoms with Gasteiger partial charge in [-0.3, -0.25) is 4.79 Å². The number of hydrogen-bond donors (Lipinski definition) is 0. The van der Waals surface area contributed by atoms with Crippen molar-refractivity contribution in [2.75, 3.05) is 0 Å². The van der Waals surface area contributed by atoms with Gasteiger partial charge in [-0.25, -0.2) is 8.78 Å². The first kappa shape index (κ1) is 12.2. The lowest BCUT2D eigenvalue weighted by Gasteiger charge is -2.08. The molecule has 4 heteroatoms. The molecule has 0 fully saturated rings. The second-order valence-electron chi connectivity index (χ2n) is 3.83. The molecule has 2 aromatic carbocycles. The quantitative estimate of drug-likeness (QED) is 0.770. The Morgan fingerprint density at radius 1 is 1.17 bits per heavy atom. The van der Waals surface area contributed by atoms with E-state index in [0.717, 1.165) is 12.1 Å². The van der Waals surface area contributed by atoms with Crippen molar-refractivity contribution in [3.63, 3.8) is 0 Å². The second-order valence-corrected chi connectivity index (χ2v) is 3.83. The Morgan fingerprint density at radius 3 is 2.67 bits per heavy atom. The number of carbonyl (C=O) groups is 1. The average molecular weight is 248 g/mol. The summed E-state index contributed by atoms with van der Waals surface area (Å²) in [6.07, 6.45) is 0.503. The number of carbonyl (C=O) groups excluding carboxylic acids is 1. The third kappa shape index (κ3) is 2.53. The van der Waals surface area contributed by atoms with E-state index in [-0.39, 0.29) is 17.1 Å². The molecule has 0 aliphatic carbocycles. The van der Waals surface area contributed by atoms with E-state index >= 15 is 0 Å². The number of halogens is 2. The largest absolute Gasteiger partial charge is 0.454 e. The first-order valence-corrected chi connectivity index (χ1v) is 5.29. The zero-order valence-electron chi connectivity index (χ0n) is 9.61.